The van der Waals surface area contributed by atoms with Crippen LogP contribution in [0, 0.1) is 17.1 Å². The molecule has 0 radical (unpaired) electrons. The molecule has 0 aliphatic carbocycles. The zero-order valence-electron chi connectivity index (χ0n) is 13.0. The lowest BCUT2D eigenvalue weighted by Crippen LogP contribution is -2.12. The summed E-state index contributed by atoms with van der Waals surface area (Å²) in [5.74, 6) is -0.313. The van der Waals surface area contributed by atoms with Crippen LogP contribution in [-0.4, -0.2) is 10.9 Å². The van der Waals surface area contributed by atoms with Crippen LogP contribution >= 0.6 is 0 Å². The van der Waals surface area contributed by atoms with Gasteiger partial charge in [-0.15, -0.1) is 0 Å². The first-order chi connectivity index (χ1) is 12.1. The molecule has 0 aliphatic heterocycles. The summed E-state index contributed by atoms with van der Waals surface area (Å²) in [6.45, 7) is 0. The van der Waals surface area contributed by atoms with Crippen LogP contribution in [0.4, 0.5) is 21.6 Å². The fourth-order valence-electron chi connectivity index (χ4n) is 2.19. The van der Waals surface area contributed by atoms with Crippen molar-refractivity contribution in [2.24, 2.45) is 0 Å². The zero-order valence-corrected chi connectivity index (χ0v) is 13.0. The minimum atomic E-state index is -0.468. The van der Waals surface area contributed by atoms with Gasteiger partial charge in [0.05, 0.1) is 23.5 Å². The molecule has 122 valence electrons. The Morgan fingerprint density at radius 3 is 2.60 bits per heavy atom. The second kappa shape index (κ2) is 7.23. The highest BCUT2D eigenvalue weighted by molar-refractivity contribution is 6.04. The van der Waals surface area contributed by atoms with E-state index in [0.717, 1.165) is 5.69 Å². The van der Waals surface area contributed by atoms with Crippen molar-refractivity contribution < 1.29 is 9.18 Å². The van der Waals surface area contributed by atoms with Gasteiger partial charge in [-0.3, -0.25) is 4.79 Å². The predicted molar refractivity (Wildman–Crippen MR) is 93.0 cm³/mol. The van der Waals surface area contributed by atoms with Gasteiger partial charge >= 0.3 is 0 Å². The first-order valence-electron chi connectivity index (χ1n) is 7.44. The van der Waals surface area contributed by atoms with Crippen LogP contribution in [0.2, 0.25) is 0 Å². The molecule has 1 amide bonds. The molecule has 1 heterocycles. The number of hydrogen-bond acceptors (Lipinski definition) is 4. The number of nitrogens with one attached hydrogen (secondary N) is 2. The van der Waals surface area contributed by atoms with Crippen LogP contribution in [0.5, 0.6) is 0 Å². The van der Waals surface area contributed by atoms with E-state index >= 15 is 0 Å². The van der Waals surface area contributed by atoms with Crippen LogP contribution in [0.3, 0.4) is 0 Å². The summed E-state index contributed by atoms with van der Waals surface area (Å²) in [6, 6.07) is 17.9. The van der Waals surface area contributed by atoms with E-state index in [-0.39, 0.29) is 5.56 Å². The van der Waals surface area contributed by atoms with Crippen molar-refractivity contribution in [3.63, 3.8) is 0 Å². The standard InChI is InChI=1S/C19H13FN4O/c20-15-5-2-4-14(10-15)19(25)24-17-7-8-18(22-12-17)23-16-6-1-3-13(9-16)11-21/h1-10,12H,(H,22,23)(H,24,25). The first-order valence-corrected chi connectivity index (χ1v) is 7.44. The largest absolute Gasteiger partial charge is 0.340 e. The van der Waals surface area contributed by atoms with Crippen molar-refractivity contribution in [2.45, 2.75) is 0 Å². The summed E-state index contributed by atoms with van der Waals surface area (Å²) in [4.78, 5) is 16.3. The Bertz CT molecular complexity index is 948. The monoisotopic (exact) mass is 332 g/mol. The fraction of sp³-hybridized carbons (Fsp3) is 0. The molecule has 0 unspecified atom stereocenters. The second-order valence-electron chi connectivity index (χ2n) is 5.21. The van der Waals surface area contributed by atoms with Gasteiger partial charge < -0.3 is 10.6 Å². The van der Waals surface area contributed by atoms with Gasteiger partial charge in [-0.1, -0.05) is 12.1 Å². The van der Waals surface area contributed by atoms with Gasteiger partial charge in [0.15, 0.2) is 0 Å². The molecule has 0 bridgehead atoms. The van der Waals surface area contributed by atoms with E-state index in [1.165, 1.54) is 30.5 Å². The summed E-state index contributed by atoms with van der Waals surface area (Å²) < 4.78 is 13.2. The molecule has 25 heavy (non-hydrogen) atoms. The topological polar surface area (TPSA) is 77.8 Å². The number of rotatable bonds is 4. The fourth-order valence-corrected chi connectivity index (χ4v) is 2.19. The third-order valence-electron chi connectivity index (χ3n) is 3.37. The second-order valence-corrected chi connectivity index (χ2v) is 5.21. The molecule has 0 spiro atoms. The number of amides is 1. The zero-order chi connectivity index (χ0) is 17.6. The van der Waals surface area contributed by atoms with E-state index < -0.39 is 11.7 Å². The molecule has 3 rings (SSSR count). The number of nitrogens with zero attached hydrogens (tertiary/aromatic N) is 2. The van der Waals surface area contributed by atoms with Crippen LogP contribution in [0.25, 0.3) is 0 Å². The molecule has 0 saturated heterocycles. The maximum absolute atomic E-state index is 13.2. The summed E-state index contributed by atoms with van der Waals surface area (Å²) in [5.41, 5.74) is 2.01. The number of carbonyl (C=O) groups excluding carboxylic acids is 1. The quantitative estimate of drug-likeness (QED) is 0.754. The molecule has 0 aliphatic rings. The van der Waals surface area contributed by atoms with E-state index in [0.29, 0.717) is 17.1 Å². The summed E-state index contributed by atoms with van der Waals surface area (Å²) in [5, 5.41) is 14.6. The average Bonchev–Trinajstić information content (AvgIpc) is 2.63. The maximum atomic E-state index is 13.2. The smallest absolute Gasteiger partial charge is 0.255 e. The van der Waals surface area contributed by atoms with Gasteiger partial charge in [0.1, 0.15) is 11.6 Å². The molecule has 2 aromatic carbocycles. The summed E-state index contributed by atoms with van der Waals surface area (Å²) in [7, 11) is 0. The molecule has 0 fully saturated rings. The van der Waals surface area contributed by atoms with Gasteiger partial charge in [0.2, 0.25) is 0 Å². The number of anilines is 3. The molecule has 0 saturated carbocycles. The number of nitriles is 1. The van der Waals surface area contributed by atoms with Gasteiger partial charge in [-0.05, 0) is 48.5 Å². The third-order valence-corrected chi connectivity index (χ3v) is 3.37. The van der Waals surface area contributed by atoms with Crippen molar-refractivity contribution in [3.05, 3.63) is 83.8 Å². The minimum Gasteiger partial charge on any atom is -0.340 e. The molecule has 6 heteroatoms. The Labute approximate surface area is 143 Å². The highest BCUT2D eigenvalue weighted by Gasteiger charge is 2.07. The predicted octanol–water partition coefficient (Wildman–Crippen LogP) is 4.09. The Morgan fingerprint density at radius 2 is 1.88 bits per heavy atom. The van der Waals surface area contributed by atoms with Crippen LogP contribution in [0.15, 0.2) is 66.9 Å². The number of benzene rings is 2. The van der Waals surface area contributed by atoms with Crippen molar-refractivity contribution in [3.8, 4) is 6.07 Å². The first kappa shape index (κ1) is 16.1. The molecule has 2 N–H and O–H groups in total. The number of halogens is 1. The van der Waals surface area contributed by atoms with Gasteiger partial charge in [0, 0.05) is 11.3 Å². The van der Waals surface area contributed by atoms with Crippen LogP contribution in [0.1, 0.15) is 15.9 Å². The number of pyridine rings is 1. The third kappa shape index (κ3) is 4.18. The average molecular weight is 332 g/mol. The van der Waals surface area contributed by atoms with E-state index in [4.69, 9.17) is 5.26 Å². The van der Waals surface area contributed by atoms with E-state index in [1.807, 2.05) is 6.07 Å². The van der Waals surface area contributed by atoms with Crippen molar-refractivity contribution >= 4 is 23.1 Å². The van der Waals surface area contributed by atoms with E-state index in [2.05, 4.69) is 21.7 Å². The summed E-state index contributed by atoms with van der Waals surface area (Å²) in [6.07, 6.45) is 1.49. The molecule has 3 aromatic rings. The SMILES string of the molecule is N#Cc1cccc(Nc2ccc(NC(=O)c3cccc(F)c3)cn2)c1. The highest BCUT2D eigenvalue weighted by atomic mass is 19.1. The van der Waals surface area contributed by atoms with Crippen molar-refractivity contribution in [1.82, 2.24) is 4.98 Å². The normalized spacial score (nSPS) is 9.92. The lowest BCUT2D eigenvalue weighted by atomic mass is 10.2. The maximum Gasteiger partial charge on any atom is 0.255 e. The lowest BCUT2D eigenvalue weighted by Gasteiger charge is -2.08. The Kier molecular flexibility index (Phi) is 4.67. The number of hydrogen-bond donors (Lipinski definition) is 2. The van der Waals surface area contributed by atoms with Crippen molar-refractivity contribution in [2.75, 3.05) is 10.6 Å². The molecular weight excluding hydrogens is 319 g/mol. The molecule has 5 nitrogen and oxygen atoms in total. The minimum absolute atomic E-state index is 0.232. The van der Waals surface area contributed by atoms with Gasteiger partial charge in [-0.25, -0.2) is 9.37 Å². The summed E-state index contributed by atoms with van der Waals surface area (Å²) >= 11 is 0. The van der Waals surface area contributed by atoms with Gasteiger partial charge in [-0.2, -0.15) is 5.26 Å². The highest BCUT2D eigenvalue weighted by Crippen LogP contribution is 2.17. The number of carbonyl (C=O) groups is 1. The number of aromatic nitrogens is 1. The molecular formula is C19H13FN4O. The van der Waals surface area contributed by atoms with Gasteiger partial charge in [0.25, 0.3) is 5.91 Å². The van der Waals surface area contributed by atoms with E-state index in [9.17, 15) is 9.18 Å². The Balaban J connectivity index is 1.68. The molecule has 0 atom stereocenters. The molecule has 1 aromatic heterocycles. The Hall–Kier alpha value is -3.72. The van der Waals surface area contributed by atoms with E-state index in [1.54, 1.807) is 30.3 Å². The van der Waals surface area contributed by atoms with Crippen LogP contribution in [-0.2, 0) is 0 Å². The van der Waals surface area contributed by atoms with Crippen molar-refractivity contribution in [1.29, 1.82) is 5.26 Å². The lowest BCUT2D eigenvalue weighted by molar-refractivity contribution is 0.102. The van der Waals surface area contributed by atoms with Crippen LogP contribution < -0.4 is 10.6 Å². The Morgan fingerprint density at radius 1 is 1.04 bits per heavy atom.